The van der Waals surface area contributed by atoms with Crippen molar-refractivity contribution in [2.45, 2.75) is 33.0 Å². The van der Waals surface area contributed by atoms with E-state index < -0.39 is 62.6 Å². The Hall–Kier alpha value is -0.306. The number of hydrogen-bond donors (Lipinski definition) is 0. The quantitative estimate of drug-likeness (QED) is 0.350. The minimum absolute atomic E-state index is 0. The first-order chi connectivity index (χ1) is 13.5. The molecule has 0 aliphatic heterocycles. The van der Waals surface area contributed by atoms with Crippen molar-refractivity contribution < 1.29 is 137 Å². The Balaban J connectivity index is -0.000000196. The largest absolute Gasteiger partial charge is 0.506 e. The summed E-state index contributed by atoms with van der Waals surface area (Å²) < 4.78 is 255. The summed E-state index contributed by atoms with van der Waals surface area (Å²) in [6.07, 6.45) is 0. The molecule has 0 rings (SSSR count). The monoisotopic (exact) mass is 695 g/mol. The molecule has 0 saturated carbocycles. The molecule has 28 heteroatoms. The summed E-state index contributed by atoms with van der Waals surface area (Å²) in [6.45, 7) is 0. The summed E-state index contributed by atoms with van der Waals surface area (Å²) in [5.41, 5.74) is -37.6. The van der Waals surface area contributed by atoms with Crippen molar-refractivity contribution in [3.05, 3.63) is 0 Å². The van der Waals surface area contributed by atoms with E-state index in [9.17, 15) is 104 Å². The van der Waals surface area contributed by atoms with Crippen molar-refractivity contribution in [3.8, 4) is 0 Å². The van der Waals surface area contributed by atoms with Crippen LogP contribution in [0.25, 0.3) is 0 Å². The van der Waals surface area contributed by atoms with Gasteiger partial charge in [-0.2, -0.15) is 79.0 Å². The average Bonchev–Trinajstić information content (AvgIpc) is 2.41. The Kier molecular flexibility index (Phi) is 13.7. The maximum absolute atomic E-state index is 11.0. The van der Waals surface area contributed by atoms with Crippen molar-refractivity contribution >= 4 is 29.5 Å². The second kappa shape index (κ2) is 11.4. The maximum Gasteiger partial charge on any atom is 0.506 e. The Bertz CT molecular complexity index is 766. The Morgan fingerprint density at radius 2 is 0.324 bits per heavy atom. The zero-order chi connectivity index (χ0) is 28.5. The predicted octanol–water partition coefficient (Wildman–Crippen LogP) is 4.32. The average molecular weight is 695 g/mol. The predicted molar refractivity (Wildman–Crippen MR) is 63.1 cm³/mol. The molecule has 0 fully saturated rings. The third kappa shape index (κ3) is 10.4. The summed E-state index contributed by atoms with van der Waals surface area (Å²) in [6, 6.07) is 0. The first-order valence-corrected chi connectivity index (χ1v) is 10.1. The van der Waals surface area contributed by atoms with E-state index in [0.717, 1.165) is 0 Å². The molecule has 0 aromatic rings. The SMILES string of the molecule is O=S(=O)(C(F)(F)F)C(F)(F)F.O=S(=O)(C(F)(F)F)C(F)(F)F.O=S(=O)(C(F)(F)F)C(F)(F)F.[Y]. The van der Waals surface area contributed by atoms with Gasteiger partial charge in [-0.3, -0.25) is 0 Å². The van der Waals surface area contributed by atoms with Gasteiger partial charge in [-0.05, 0) is 0 Å². The van der Waals surface area contributed by atoms with Crippen LogP contribution in [0.4, 0.5) is 79.0 Å². The van der Waals surface area contributed by atoms with Crippen LogP contribution in [-0.2, 0) is 62.2 Å². The molecule has 0 amide bonds. The van der Waals surface area contributed by atoms with E-state index in [1.165, 1.54) is 0 Å². The molecule has 0 N–H and O–H groups in total. The second-order valence-electron chi connectivity index (χ2n) is 4.18. The molecule has 0 aliphatic carbocycles. The summed E-state index contributed by atoms with van der Waals surface area (Å²) >= 11 is 0. The fraction of sp³-hybridized carbons (Fsp3) is 1.00. The van der Waals surface area contributed by atoms with Gasteiger partial charge in [-0.15, -0.1) is 0 Å². The molecule has 0 saturated heterocycles. The van der Waals surface area contributed by atoms with Gasteiger partial charge in [0.25, 0.3) is 0 Å². The molecule has 0 aromatic carbocycles. The molecule has 0 aromatic heterocycles. The topological polar surface area (TPSA) is 102 Å². The van der Waals surface area contributed by atoms with E-state index in [1.807, 2.05) is 0 Å². The number of alkyl halides is 18. The van der Waals surface area contributed by atoms with E-state index in [2.05, 4.69) is 0 Å². The van der Waals surface area contributed by atoms with E-state index in [0.29, 0.717) is 0 Å². The fourth-order valence-corrected chi connectivity index (χ4v) is 1.18. The van der Waals surface area contributed by atoms with Gasteiger partial charge in [0.1, 0.15) is 0 Å². The Morgan fingerprint density at radius 1 is 0.265 bits per heavy atom. The summed E-state index contributed by atoms with van der Waals surface area (Å²) in [4.78, 5) is 0. The van der Waals surface area contributed by atoms with E-state index in [1.54, 1.807) is 0 Å². The number of sulfone groups is 3. The van der Waals surface area contributed by atoms with Gasteiger partial charge in [0.05, 0.1) is 0 Å². The summed E-state index contributed by atoms with van der Waals surface area (Å²) in [5, 5.41) is 0. The molecular weight excluding hydrogens is 695 g/mol. The smallest absolute Gasteiger partial charge is 0.210 e. The van der Waals surface area contributed by atoms with Crippen molar-refractivity contribution in [2.75, 3.05) is 0 Å². The normalized spacial score (nSPS) is 14.6. The van der Waals surface area contributed by atoms with Gasteiger partial charge in [0.2, 0.25) is 0 Å². The van der Waals surface area contributed by atoms with Crippen molar-refractivity contribution in [1.82, 2.24) is 0 Å². The molecule has 0 unspecified atom stereocenters. The minimum Gasteiger partial charge on any atom is -0.210 e. The first kappa shape index (κ1) is 40.8. The van der Waals surface area contributed by atoms with Crippen LogP contribution in [-0.4, -0.2) is 58.3 Å². The maximum atomic E-state index is 11.0. The van der Waals surface area contributed by atoms with Gasteiger partial charge in [0.15, 0.2) is 0 Å². The minimum atomic E-state index is -7.01. The van der Waals surface area contributed by atoms with Crippen molar-refractivity contribution in [3.63, 3.8) is 0 Å². The Morgan fingerprint density at radius 3 is 0.324 bits per heavy atom. The van der Waals surface area contributed by atoms with E-state index >= 15 is 0 Å². The van der Waals surface area contributed by atoms with Crippen LogP contribution >= 0.6 is 0 Å². The van der Waals surface area contributed by atoms with Crippen LogP contribution in [0.1, 0.15) is 0 Å². The standard InChI is InChI=1S/3C2F6O2S.Y/c3*3-1(4,5)11(9,10)2(6,7)8;. The van der Waals surface area contributed by atoms with Crippen LogP contribution in [0, 0.1) is 0 Å². The number of halogens is 18. The molecule has 0 aliphatic rings. The summed E-state index contributed by atoms with van der Waals surface area (Å²) in [5.74, 6) is 0. The third-order valence-corrected chi connectivity index (χ3v) is 5.48. The zero-order valence-electron chi connectivity index (χ0n) is 14.1. The summed E-state index contributed by atoms with van der Waals surface area (Å²) in [7, 11) is -21.0. The molecular formula is C6F18O6S3Y. The van der Waals surface area contributed by atoms with Crippen molar-refractivity contribution in [2.24, 2.45) is 0 Å². The van der Waals surface area contributed by atoms with Gasteiger partial charge in [-0.1, -0.05) is 0 Å². The fourth-order valence-electron chi connectivity index (χ4n) is 0.394. The third-order valence-electron chi connectivity index (χ3n) is 1.83. The van der Waals surface area contributed by atoms with Crippen LogP contribution in [0.15, 0.2) is 0 Å². The molecule has 6 nitrogen and oxygen atoms in total. The van der Waals surface area contributed by atoms with Crippen LogP contribution in [0.2, 0.25) is 0 Å². The molecule has 34 heavy (non-hydrogen) atoms. The number of hydrogen-bond acceptors (Lipinski definition) is 6. The molecule has 1 radical (unpaired) electrons. The zero-order valence-corrected chi connectivity index (χ0v) is 19.3. The molecule has 0 bridgehead atoms. The molecule has 0 spiro atoms. The van der Waals surface area contributed by atoms with Gasteiger partial charge in [-0.25, -0.2) is 25.3 Å². The molecule has 0 heterocycles. The molecule has 0 atom stereocenters. The van der Waals surface area contributed by atoms with E-state index in [-0.39, 0.29) is 32.7 Å². The van der Waals surface area contributed by atoms with E-state index in [4.69, 9.17) is 0 Å². The van der Waals surface area contributed by atoms with Crippen LogP contribution in [0.3, 0.4) is 0 Å². The number of rotatable bonds is 0. The first-order valence-electron chi connectivity index (χ1n) is 5.63. The molecule has 207 valence electrons. The Labute approximate surface area is 199 Å². The van der Waals surface area contributed by atoms with Crippen molar-refractivity contribution in [1.29, 1.82) is 0 Å². The van der Waals surface area contributed by atoms with Gasteiger partial charge >= 0.3 is 62.6 Å². The second-order valence-corrected chi connectivity index (χ2v) is 9.98. The van der Waals surface area contributed by atoms with Gasteiger partial charge < -0.3 is 0 Å². The van der Waals surface area contributed by atoms with Crippen LogP contribution in [0.5, 0.6) is 0 Å². The van der Waals surface area contributed by atoms with Crippen LogP contribution < -0.4 is 0 Å². The van der Waals surface area contributed by atoms with Gasteiger partial charge in [0, 0.05) is 32.7 Å².